The monoisotopic (exact) mass is 337 g/mol. The number of benzene rings is 1. The molecule has 2 rings (SSSR count). The van der Waals surface area contributed by atoms with E-state index in [1.807, 2.05) is 0 Å². The second-order valence-corrected chi connectivity index (χ2v) is 5.48. The van der Waals surface area contributed by atoms with Crippen molar-refractivity contribution in [2.75, 3.05) is 44.7 Å². The first kappa shape index (κ1) is 17.8. The number of nitrogens with one attached hydrogen (secondary N) is 3. The Kier molecular flexibility index (Phi) is 6.64. The predicted octanol–water partition coefficient (Wildman–Crippen LogP) is -1.05. The van der Waals surface area contributed by atoms with Crippen LogP contribution < -0.4 is 15.5 Å². The van der Waals surface area contributed by atoms with E-state index < -0.39 is 16.7 Å². The highest BCUT2D eigenvalue weighted by molar-refractivity contribution is 6.39. The largest absolute Gasteiger partial charge is 0.370 e. The lowest BCUT2D eigenvalue weighted by Crippen LogP contribution is -3.14. The zero-order valence-corrected chi connectivity index (χ0v) is 13.2. The van der Waals surface area contributed by atoms with Crippen LogP contribution in [0.3, 0.4) is 0 Å². The number of quaternary nitrogens is 1. The van der Waals surface area contributed by atoms with E-state index in [1.165, 1.54) is 29.2 Å². The Balaban J connectivity index is 1.67. The fourth-order valence-corrected chi connectivity index (χ4v) is 2.39. The Morgan fingerprint density at radius 1 is 1.17 bits per heavy atom. The minimum atomic E-state index is -0.789. The van der Waals surface area contributed by atoms with Crippen molar-refractivity contribution >= 4 is 23.2 Å². The summed E-state index contributed by atoms with van der Waals surface area (Å²) in [4.78, 5) is 34.9. The molecule has 3 N–H and O–H groups in total. The Morgan fingerprint density at radius 2 is 1.83 bits per heavy atom. The first-order valence-electron chi connectivity index (χ1n) is 7.81. The Labute approximate surface area is 139 Å². The number of ether oxygens (including phenoxy) is 1. The molecule has 0 aromatic heterocycles. The van der Waals surface area contributed by atoms with Gasteiger partial charge >= 0.3 is 11.8 Å². The molecule has 1 aliphatic heterocycles. The van der Waals surface area contributed by atoms with Crippen molar-refractivity contribution in [3.8, 4) is 0 Å². The lowest BCUT2D eigenvalue weighted by atomic mass is 10.3. The van der Waals surface area contributed by atoms with Crippen LogP contribution in [0.5, 0.6) is 0 Å². The Morgan fingerprint density at radius 3 is 2.46 bits per heavy atom. The Bertz CT molecular complexity index is 584. The smallest absolute Gasteiger partial charge is 0.313 e. The van der Waals surface area contributed by atoms with Crippen molar-refractivity contribution in [1.82, 2.24) is 5.32 Å². The molecule has 0 spiro atoms. The van der Waals surface area contributed by atoms with Crippen molar-refractivity contribution in [3.05, 3.63) is 34.4 Å². The summed E-state index contributed by atoms with van der Waals surface area (Å²) in [6.45, 7) is 4.81. The van der Waals surface area contributed by atoms with Gasteiger partial charge in [-0.3, -0.25) is 19.7 Å². The number of nitro benzene ring substituents is 1. The van der Waals surface area contributed by atoms with Crippen molar-refractivity contribution < 1.29 is 24.1 Å². The molecule has 0 atom stereocenters. The van der Waals surface area contributed by atoms with Crippen LogP contribution in [0.15, 0.2) is 24.3 Å². The fourth-order valence-electron chi connectivity index (χ4n) is 2.39. The lowest BCUT2D eigenvalue weighted by molar-refractivity contribution is -0.908. The van der Waals surface area contributed by atoms with Crippen LogP contribution in [0.2, 0.25) is 0 Å². The number of carbonyl (C=O) groups excluding carboxylic acids is 2. The van der Waals surface area contributed by atoms with Gasteiger partial charge in [-0.15, -0.1) is 0 Å². The zero-order valence-electron chi connectivity index (χ0n) is 13.2. The summed E-state index contributed by atoms with van der Waals surface area (Å²) in [6, 6.07) is 5.29. The standard InChI is InChI=1S/C15H20N4O5/c20-14(16-6-1-7-18-8-10-24-11-9-18)15(21)17-12-2-4-13(5-3-12)19(22)23/h2-5H,1,6-11H2,(H,16,20)(H,17,21)/p+1. The summed E-state index contributed by atoms with van der Waals surface area (Å²) >= 11 is 0. The van der Waals surface area contributed by atoms with E-state index in [2.05, 4.69) is 10.6 Å². The van der Waals surface area contributed by atoms with Gasteiger partial charge in [0, 0.05) is 30.8 Å². The van der Waals surface area contributed by atoms with Crippen molar-refractivity contribution in [2.45, 2.75) is 6.42 Å². The number of hydrogen-bond donors (Lipinski definition) is 3. The molecule has 2 amide bonds. The molecule has 24 heavy (non-hydrogen) atoms. The first-order chi connectivity index (χ1) is 11.6. The number of amides is 2. The van der Waals surface area contributed by atoms with Gasteiger partial charge in [0.05, 0.1) is 24.7 Å². The third-order valence-corrected chi connectivity index (χ3v) is 3.73. The lowest BCUT2D eigenvalue weighted by Gasteiger charge is -2.23. The van der Waals surface area contributed by atoms with E-state index in [-0.39, 0.29) is 5.69 Å². The van der Waals surface area contributed by atoms with Crippen LogP contribution in [0.1, 0.15) is 6.42 Å². The summed E-state index contributed by atoms with van der Waals surface area (Å²) in [5.41, 5.74) is 0.251. The minimum Gasteiger partial charge on any atom is -0.370 e. The van der Waals surface area contributed by atoms with Crippen molar-refractivity contribution in [2.24, 2.45) is 0 Å². The summed E-state index contributed by atoms with van der Waals surface area (Å²) in [5, 5.41) is 15.5. The number of nitro groups is 1. The van der Waals surface area contributed by atoms with Gasteiger partial charge in [0.1, 0.15) is 13.1 Å². The van der Waals surface area contributed by atoms with Gasteiger partial charge in [0.15, 0.2) is 0 Å². The maximum Gasteiger partial charge on any atom is 0.313 e. The molecule has 0 saturated carbocycles. The molecule has 0 unspecified atom stereocenters. The highest BCUT2D eigenvalue weighted by Crippen LogP contribution is 2.15. The van der Waals surface area contributed by atoms with Gasteiger partial charge in [0.25, 0.3) is 5.69 Å². The predicted molar refractivity (Wildman–Crippen MR) is 85.7 cm³/mol. The van der Waals surface area contributed by atoms with E-state index in [0.29, 0.717) is 12.2 Å². The first-order valence-corrected chi connectivity index (χ1v) is 7.81. The van der Waals surface area contributed by atoms with E-state index in [1.54, 1.807) is 0 Å². The van der Waals surface area contributed by atoms with Gasteiger partial charge < -0.3 is 20.3 Å². The second kappa shape index (κ2) is 8.94. The number of anilines is 1. The molecule has 0 radical (unpaired) electrons. The third kappa shape index (κ3) is 5.60. The summed E-state index contributed by atoms with van der Waals surface area (Å²) < 4.78 is 5.27. The second-order valence-electron chi connectivity index (χ2n) is 5.48. The van der Waals surface area contributed by atoms with Crippen LogP contribution in [-0.2, 0) is 14.3 Å². The zero-order chi connectivity index (χ0) is 17.4. The molecule has 1 aromatic rings. The number of carbonyl (C=O) groups is 2. The van der Waals surface area contributed by atoms with E-state index in [0.717, 1.165) is 39.3 Å². The van der Waals surface area contributed by atoms with E-state index in [9.17, 15) is 19.7 Å². The van der Waals surface area contributed by atoms with Crippen molar-refractivity contribution in [3.63, 3.8) is 0 Å². The Hall–Kier alpha value is -2.52. The summed E-state index contributed by atoms with van der Waals surface area (Å²) in [6.07, 6.45) is 0.784. The minimum absolute atomic E-state index is 0.0805. The number of hydrogen-bond acceptors (Lipinski definition) is 5. The molecule has 0 aliphatic carbocycles. The molecule has 9 heteroatoms. The molecule has 1 saturated heterocycles. The highest BCUT2D eigenvalue weighted by atomic mass is 16.6. The van der Waals surface area contributed by atoms with Crippen molar-refractivity contribution in [1.29, 1.82) is 0 Å². The van der Waals surface area contributed by atoms with Gasteiger partial charge in [-0.25, -0.2) is 0 Å². The maximum absolute atomic E-state index is 11.7. The van der Waals surface area contributed by atoms with Crippen LogP contribution in [0.4, 0.5) is 11.4 Å². The van der Waals surface area contributed by atoms with Crippen LogP contribution in [0, 0.1) is 10.1 Å². The number of rotatable bonds is 6. The molecular weight excluding hydrogens is 316 g/mol. The molecular formula is C15H21N4O5+. The molecule has 9 nitrogen and oxygen atoms in total. The van der Waals surface area contributed by atoms with Crippen LogP contribution >= 0.6 is 0 Å². The number of non-ortho nitro benzene ring substituents is 1. The highest BCUT2D eigenvalue weighted by Gasteiger charge is 2.16. The van der Waals surface area contributed by atoms with Gasteiger partial charge in [-0.05, 0) is 12.1 Å². The van der Waals surface area contributed by atoms with Gasteiger partial charge in [0.2, 0.25) is 0 Å². The summed E-state index contributed by atoms with van der Waals surface area (Å²) in [5.74, 6) is -1.51. The van der Waals surface area contributed by atoms with Crippen LogP contribution in [0.25, 0.3) is 0 Å². The van der Waals surface area contributed by atoms with E-state index in [4.69, 9.17) is 4.74 Å². The molecule has 1 aliphatic rings. The van der Waals surface area contributed by atoms with E-state index >= 15 is 0 Å². The molecule has 1 aromatic carbocycles. The molecule has 1 fully saturated rings. The molecule has 1 heterocycles. The maximum atomic E-state index is 11.7. The SMILES string of the molecule is O=C(NCCC[NH+]1CCOCC1)C(=O)Nc1ccc([N+](=O)[O-])cc1. The van der Waals surface area contributed by atoms with Gasteiger partial charge in [-0.2, -0.15) is 0 Å². The average Bonchev–Trinajstić information content (AvgIpc) is 2.60. The fraction of sp³-hybridized carbons (Fsp3) is 0.467. The summed E-state index contributed by atoms with van der Waals surface area (Å²) in [7, 11) is 0. The normalized spacial score (nSPS) is 14.8. The number of nitrogens with zero attached hydrogens (tertiary/aromatic N) is 1. The molecule has 0 bridgehead atoms. The third-order valence-electron chi connectivity index (χ3n) is 3.73. The molecule has 130 valence electrons. The number of morpholine rings is 1. The van der Waals surface area contributed by atoms with Gasteiger partial charge in [-0.1, -0.05) is 0 Å². The topological polar surface area (TPSA) is 115 Å². The average molecular weight is 337 g/mol. The quantitative estimate of drug-likeness (QED) is 0.265. The van der Waals surface area contributed by atoms with Crippen LogP contribution in [-0.4, -0.2) is 56.1 Å².